The smallest absolute Gasteiger partial charge is 0.253 e. The van der Waals surface area contributed by atoms with Crippen LogP contribution in [0.15, 0.2) is 65.6 Å². The molecule has 0 atom stereocenters. The van der Waals surface area contributed by atoms with Crippen LogP contribution in [0.1, 0.15) is 60.8 Å². The number of likely N-dealkylation sites (N-methyl/N-ethyl adjacent to an activating group) is 1. The first-order chi connectivity index (χ1) is 18.7. The zero-order valence-electron chi connectivity index (χ0n) is 23.8. The largest absolute Gasteiger partial charge is 0.354 e. The van der Waals surface area contributed by atoms with E-state index in [-0.39, 0.29) is 11.5 Å². The van der Waals surface area contributed by atoms with Gasteiger partial charge in [0.05, 0.1) is 18.8 Å². The minimum Gasteiger partial charge on any atom is -0.354 e. The van der Waals surface area contributed by atoms with Gasteiger partial charge in [-0.25, -0.2) is 0 Å². The summed E-state index contributed by atoms with van der Waals surface area (Å²) in [6.45, 7) is 9.02. The summed E-state index contributed by atoms with van der Waals surface area (Å²) in [5.74, 6) is 0.977. The molecule has 0 saturated carbocycles. The Morgan fingerprint density at radius 2 is 1.77 bits per heavy atom. The lowest BCUT2D eigenvalue weighted by Gasteiger charge is -2.33. The quantitative estimate of drug-likeness (QED) is 0.335. The average Bonchev–Trinajstić information content (AvgIpc) is 3.31. The van der Waals surface area contributed by atoms with Gasteiger partial charge < -0.3 is 19.4 Å². The van der Waals surface area contributed by atoms with Crippen molar-refractivity contribution in [2.24, 2.45) is 0 Å². The van der Waals surface area contributed by atoms with Crippen molar-refractivity contribution in [1.82, 2.24) is 19.4 Å². The van der Waals surface area contributed by atoms with Crippen LogP contribution in [-0.4, -0.2) is 59.0 Å². The van der Waals surface area contributed by atoms with Crippen LogP contribution in [0.4, 0.5) is 0 Å². The predicted octanol–water partition coefficient (Wildman–Crippen LogP) is 5.74. The molecule has 5 rings (SSSR count). The first kappa shape index (κ1) is 26.9. The normalized spacial score (nSPS) is 14.6. The van der Waals surface area contributed by atoms with E-state index in [9.17, 15) is 9.59 Å². The van der Waals surface area contributed by atoms with Crippen molar-refractivity contribution in [2.75, 3.05) is 33.7 Å². The fourth-order valence-electron chi connectivity index (χ4n) is 5.96. The van der Waals surface area contributed by atoms with E-state index in [4.69, 9.17) is 0 Å². The Labute approximate surface area is 231 Å². The molecule has 0 unspecified atom stereocenters. The number of aryl methyl sites for hydroxylation is 1. The van der Waals surface area contributed by atoms with Gasteiger partial charge in [0.2, 0.25) is 5.91 Å². The second kappa shape index (κ2) is 11.2. The molecule has 6 nitrogen and oxygen atoms in total. The van der Waals surface area contributed by atoms with Crippen molar-refractivity contribution in [1.29, 1.82) is 0 Å². The highest BCUT2D eigenvalue weighted by Crippen LogP contribution is 2.38. The molecule has 1 aliphatic rings. The summed E-state index contributed by atoms with van der Waals surface area (Å²) in [5.41, 5.74) is 7.78. The minimum absolute atomic E-state index is 0.0440. The lowest BCUT2D eigenvalue weighted by atomic mass is 9.87. The van der Waals surface area contributed by atoms with E-state index in [1.54, 1.807) is 0 Å². The van der Waals surface area contributed by atoms with Gasteiger partial charge in [-0.3, -0.25) is 9.59 Å². The number of amides is 1. The second-order valence-electron chi connectivity index (χ2n) is 11.6. The number of hydrogen-bond acceptors (Lipinski definition) is 3. The van der Waals surface area contributed by atoms with Gasteiger partial charge in [-0.1, -0.05) is 50.2 Å². The number of aromatic amines is 1. The van der Waals surface area contributed by atoms with Crippen LogP contribution in [0.25, 0.3) is 22.2 Å². The number of fused-ring (bicyclic) bond motifs is 1. The topological polar surface area (TPSA) is 61.3 Å². The fraction of sp³-hybridized carbons (Fsp3) is 0.394. The van der Waals surface area contributed by atoms with Gasteiger partial charge in [-0.05, 0) is 80.6 Å². The van der Waals surface area contributed by atoms with Crippen LogP contribution in [0.5, 0.6) is 0 Å². The summed E-state index contributed by atoms with van der Waals surface area (Å²) < 4.78 is 1.83. The zero-order chi connectivity index (χ0) is 27.7. The van der Waals surface area contributed by atoms with Crippen LogP contribution in [0, 0.1) is 6.92 Å². The van der Waals surface area contributed by atoms with E-state index in [2.05, 4.69) is 49.2 Å². The SMILES string of the molecule is Cc1cc(-c2[nH]c3ccc(C4CCN(C(=O)CN(C)C)CC4)cc3c2C(C)C)cn(Cc2ccccc2)c1=O. The fourth-order valence-corrected chi connectivity index (χ4v) is 5.96. The molecular weight excluding hydrogens is 484 g/mol. The molecule has 0 spiro atoms. The predicted molar refractivity (Wildman–Crippen MR) is 159 cm³/mol. The monoisotopic (exact) mass is 524 g/mol. The lowest BCUT2D eigenvalue weighted by Crippen LogP contribution is -2.42. The molecule has 2 aromatic carbocycles. The van der Waals surface area contributed by atoms with Gasteiger partial charge in [0.15, 0.2) is 0 Å². The van der Waals surface area contributed by atoms with Crippen LogP contribution in [0.3, 0.4) is 0 Å². The number of hydrogen-bond donors (Lipinski definition) is 1. The third kappa shape index (κ3) is 5.71. The maximum Gasteiger partial charge on any atom is 0.253 e. The Bertz CT molecular complexity index is 1520. The van der Waals surface area contributed by atoms with Crippen LogP contribution in [0.2, 0.25) is 0 Å². The molecule has 1 N–H and O–H groups in total. The molecule has 0 radical (unpaired) electrons. The standard InChI is InChI=1S/C33H40N4O2/c1-22(2)31-28-18-26(25-13-15-36(16-14-25)30(38)21-35(4)5)11-12-29(28)34-32(31)27-17-23(3)33(39)37(20-27)19-24-9-7-6-8-10-24/h6-12,17-18,20,22,25,34H,13-16,19,21H2,1-5H3. The van der Waals surface area contributed by atoms with Crippen molar-refractivity contribution in [3.8, 4) is 11.3 Å². The van der Waals surface area contributed by atoms with Gasteiger partial charge >= 0.3 is 0 Å². The Kier molecular flexibility index (Phi) is 7.76. The zero-order valence-corrected chi connectivity index (χ0v) is 23.8. The van der Waals surface area contributed by atoms with Crippen LogP contribution < -0.4 is 5.56 Å². The number of pyridine rings is 1. The molecule has 4 aromatic rings. The van der Waals surface area contributed by atoms with Gasteiger partial charge in [0.25, 0.3) is 5.56 Å². The number of H-pyrrole nitrogens is 1. The summed E-state index contributed by atoms with van der Waals surface area (Å²) in [6.07, 6.45) is 3.98. The van der Waals surface area contributed by atoms with Crippen LogP contribution in [-0.2, 0) is 11.3 Å². The molecule has 0 bridgehead atoms. The first-order valence-corrected chi connectivity index (χ1v) is 14.0. The Hall–Kier alpha value is -3.64. The lowest BCUT2D eigenvalue weighted by molar-refractivity contribution is -0.132. The summed E-state index contributed by atoms with van der Waals surface area (Å²) in [4.78, 5) is 33.2. The van der Waals surface area contributed by atoms with E-state index < -0.39 is 0 Å². The number of carbonyl (C=O) groups is 1. The molecular formula is C33H40N4O2. The maximum atomic E-state index is 13.0. The molecule has 204 valence electrons. The first-order valence-electron chi connectivity index (χ1n) is 14.0. The molecule has 3 heterocycles. The van der Waals surface area contributed by atoms with Gasteiger partial charge in [-0.2, -0.15) is 0 Å². The summed E-state index contributed by atoms with van der Waals surface area (Å²) in [5, 5.41) is 1.25. The summed E-state index contributed by atoms with van der Waals surface area (Å²) in [7, 11) is 3.88. The average molecular weight is 525 g/mol. The van der Waals surface area contributed by atoms with Crippen LogP contribution >= 0.6 is 0 Å². The van der Waals surface area contributed by atoms with E-state index in [0.29, 0.717) is 24.9 Å². The molecule has 1 aliphatic heterocycles. The Morgan fingerprint density at radius 3 is 2.44 bits per heavy atom. The highest BCUT2D eigenvalue weighted by molar-refractivity contribution is 5.92. The number of piperidine rings is 1. The molecule has 1 fully saturated rings. The van der Waals surface area contributed by atoms with Crippen molar-refractivity contribution >= 4 is 16.8 Å². The molecule has 1 saturated heterocycles. The Morgan fingerprint density at radius 1 is 1.05 bits per heavy atom. The van der Waals surface area contributed by atoms with Gasteiger partial charge in [-0.15, -0.1) is 0 Å². The third-order valence-corrected chi connectivity index (χ3v) is 7.96. The van der Waals surface area contributed by atoms with E-state index in [1.807, 2.05) is 65.8 Å². The van der Waals surface area contributed by atoms with E-state index in [1.165, 1.54) is 16.5 Å². The number of rotatable bonds is 7. The van der Waals surface area contributed by atoms with Crippen molar-refractivity contribution in [3.63, 3.8) is 0 Å². The Balaban J connectivity index is 1.47. The van der Waals surface area contributed by atoms with E-state index in [0.717, 1.165) is 53.8 Å². The highest BCUT2D eigenvalue weighted by atomic mass is 16.2. The third-order valence-electron chi connectivity index (χ3n) is 7.96. The number of likely N-dealkylation sites (tertiary alicyclic amines) is 1. The number of nitrogens with zero attached hydrogens (tertiary/aromatic N) is 3. The number of benzene rings is 2. The van der Waals surface area contributed by atoms with Gasteiger partial charge in [0.1, 0.15) is 0 Å². The maximum absolute atomic E-state index is 13.0. The molecule has 39 heavy (non-hydrogen) atoms. The van der Waals surface area contributed by atoms with E-state index >= 15 is 0 Å². The number of nitrogens with one attached hydrogen (secondary N) is 1. The summed E-state index contributed by atoms with van der Waals surface area (Å²) in [6, 6.07) is 19.0. The molecule has 1 amide bonds. The molecule has 6 heteroatoms. The molecule has 2 aromatic heterocycles. The summed E-state index contributed by atoms with van der Waals surface area (Å²) >= 11 is 0. The van der Waals surface area contributed by atoms with Crippen molar-refractivity contribution in [3.05, 3.63) is 93.4 Å². The molecule has 0 aliphatic carbocycles. The van der Waals surface area contributed by atoms with Crippen molar-refractivity contribution in [2.45, 2.75) is 52.0 Å². The number of carbonyl (C=O) groups excluding carboxylic acids is 1. The highest BCUT2D eigenvalue weighted by Gasteiger charge is 2.25. The second-order valence-corrected chi connectivity index (χ2v) is 11.6. The van der Waals surface area contributed by atoms with Crippen molar-refractivity contribution < 1.29 is 4.79 Å². The number of aromatic nitrogens is 2. The minimum atomic E-state index is 0.0440. The van der Waals surface area contributed by atoms with Gasteiger partial charge in [0, 0.05) is 41.3 Å².